The lowest BCUT2D eigenvalue weighted by Crippen LogP contribution is -2.34. The van der Waals surface area contributed by atoms with Crippen LogP contribution in [-0.2, 0) is 7.05 Å². The van der Waals surface area contributed by atoms with Crippen molar-refractivity contribution in [1.29, 1.82) is 0 Å². The summed E-state index contributed by atoms with van der Waals surface area (Å²) >= 11 is 0. The van der Waals surface area contributed by atoms with Gasteiger partial charge in [-0.25, -0.2) is 13.8 Å². The van der Waals surface area contributed by atoms with Crippen molar-refractivity contribution in [2.24, 2.45) is 18.9 Å². The van der Waals surface area contributed by atoms with E-state index in [2.05, 4.69) is 34.5 Å². The molecule has 9 heteroatoms. The Labute approximate surface area is 179 Å². The molecule has 1 amide bonds. The summed E-state index contributed by atoms with van der Waals surface area (Å²) in [5.74, 6) is 1.22. The molecule has 2 aliphatic rings. The zero-order valence-corrected chi connectivity index (χ0v) is 17.9. The van der Waals surface area contributed by atoms with Crippen LogP contribution in [0.25, 0.3) is 11.0 Å². The molecule has 2 saturated heterocycles. The zero-order chi connectivity index (χ0) is 21.9. The van der Waals surface area contributed by atoms with Crippen LogP contribution in [0.15, 0.2) is 30.5 Å². The molecule has 5 rings (SSSR count). The van der Waals surface area contributed by atoms with Crippen LogP contribution in [0.2, 0.25) is 0 Å². The highest BCUT2D eigenvalue weighted by molar-refractivity contribution is 5.95. The molecule has 1 aromatic carbocycles. The van der Waals surface area contributed by atoms with Crippen molar-refractivity contribution in [3.05, 3.63) is 41.7 Å². The van der Waals surface area contributed by atoms with Crippen LogP contribution in [0.5, 0.6) is 0 Å². The van der Waals surface area contributed by atoms with E-state index in [1.807, 2.05) is 18.2 Å². The van der Waals surface area contributed by atoms with Crippen LogP contribution in [0, 0.1) is 11.8 Å². The molecule has 4 heterocycles. The Morgan fingerprint density at radius 3 is 2.42 bits per heavy atom. The Balaban J connectivity index is 1.35. The third-order valence-electron chi connectivity index (χ3n) is 6.44. The predicted molar refractivity (Wildman–Crippen MR) is 113 cm³/mol. The minimum Gasteiger partial charge on any atom is -0.342 e. The van der Waals surface area contributed by atoms with Crippen LogP contribution in [0.3, 0.4) is 0 Å². The number of hydrogen-bond donors (Lipinski definition) is 0. The second-order valence-electron chi connectivity index (χ2n) is 8.90. The second-order valence-corrected chi connectivity index (χ2v) is 8.90. The van der Waals surface area contributed by atoms with Gasteiger partial charge in [0.15, 0.2) is 0 Å². The van der Waals surface area contributed by atoms with Gasteiger partial charge in [-0.3, -0.25) is 9.48 Å². The van der Waals surface area contributed by atoms with Gasteiger partial charge < -0.3 is 14.4 Å². The van der Waals surface area contributed by atoms with Crippen molar-refractivity contribution in [2.75, 3.05) is 31.1 Å². The molecule has 2 aliphatic heterocycles. The van der Waals surface area contributed by atoms with Gasteiger partial charge in [0.05, 0.1) is 16.6 Å². The quantitative estimate of drug-likeness (QED) is 0.638. The number of para-hydroxylation sites is 2. The standard InChI is InChI=1S/C22H26F2N6O/c1-13(2)30-18-7-5-4-6-17(18)25-22(30)29-10-14-8-28(9-15(14)11-29)21(31)16-12-27(3)26-19(16)20(23)24/h4-7,12-15,20H,8-11H2,1-3H3. The summed E-state index contributed by atoms with van der Waals surface area (Å²) < 4.78 is 30.1. The Bertz CT molecular complexity index is 1120. The summed E-state index contributed by atoms with van der Waals surface area (Å²) in [6.45, 7) is 7.06. The average Bonchev–Trinajstić information content (AvgIpc) is 3.46. The number of aryl methyl sites for hydroxylation is 1. The first-order chi connectivity index (χ1) is 14.8. The number of benzene rings is 1. The highest BCUT2D eigenvalue weighted by Crippen LogP contribution is 2.37. The fourth-order valence-corrected chi connectivity index (χ4v) is 5.09. The van der Waals surface area contributed by atoms with Gasteiger partial charge in [0.1, 0.15) is 5.69 Å². The lowest BCUT2D eigenvalue weighted by molar-refractivity contribution is 0.0769. The third-order valence-corrected chi connectivity index (χ3v) is 6.44. The lowest BCUT2D eigenvalue weighted by atomic mass is 10.0. The van der Waals surface area contributed by atoms with Gasteiger partial charge in [-0.05, 0) is 26.0 Å². The molecule has 7 nitrogen and oxygen atoms in total. The van der Waals surface area contributed by atoms with E-state index in [1.165, 1.54) is 10.9 Å². The molecule has 31 heavy (non-hydrogen) atoms. The van der Waals surface area contributed by atoms with E-state index in [1.54, 1.807) is 11.9 Å². The molecule has 2 aromatic heterocycles. The van der Waals surface area contributed by atoms with Gasteiger partial charge in [0.2, 0.25) is 5.95 Å². The molecule has 164 valence electrons. The topological polar surface area (TPSA) is 59.2 Å². The molecule has 2 atom stereocenters. The van der Waals surface area contributed by atoms with Crippen molar-refractivity contribution < 1.29 is 13.6 Å². The van der Waals surface area contributed by atoms with Gasteiger partial charge in [-0.15, -0.1) is 0 Å². The Morgan fingerprint density at radius 1 is 1.10 bits per heavy atom. The van der Waals surface area contributed by atoms with Crippen LogP contribution in [0.1, 0.15) is 42.4 Å². The first-order valence-corrected chi connectivity index (χ1v) is 10.7. The first-order valence-electron chi connectivity index (χ1n) is 10.7. The minimum atomic E-state index is -2.76. The number of aromatic nitrogens is 4. The number of alkyl halides is 2. The monoisotopic (exact) mass is 428 g/mol. The molecule has 3 aromatic rings. The minimum absolute atomic E-state index is 0.0101. The van der Waals surface area contributed by atoms with Crippen molar-refractivity contribution >= 4 is 22.9 Å². The van der Waals surface area contributed by atoms with E-state index in [9.17, 15) is 13.6 Å². The van der Waals surface area contributed by atoms with Gasteiger partial charge in [0.25, 0.3) is 12.3 Å². The molecule has 0 radical (unpaired) electrons. The fraction of sp³-hybridized carbons (Fsp3) is 0.500. The summed E-state index contributed by atoms with van der Waals surface area (Å²) in [5.41, 5.74) is 1.68. The average molecular weight is 428 g/mol. The highest BCUT2D eigenvalue weighted by Gasteiger charge is 2.43. The van der Waals surface area contributed by atoms with Gasteiger partial charge in [-0.2, -0.15) is 5.10 Å². The van der Waals surface area contributed by atoms with Crippen molar-refractivity contribution in [1.82, 2.24) is 24.2 Å². The molecule has 2 fully saturated rings. The van der Waals surface area contributed by atoms with E-state index in [0.717, 1.165) is 30.1 Å². The molecule has 2 unspecified atom stereocenters. The second kappa shape index (κ2) is 7.32. The number of fused-ring (bicyclic) bond motifs is 2. The third kappa shape index (κ3) is 3.26. The van der Waals surface area contributed by atoms with Crippen LogP contribution >= 0.6 is 0 Å². The lowest BCUT2D eigenvalue weighted by Gasteiger charge is -2.24. The van der Waals surface area contributed by atoms with E-state index < -0.39 is 12.1 Å². The van der Waals surface area contributed by atoms with Gasteiger partial charge >= 0.3 is 0 Å². The van der Waals surface area contributed by atoms with Crippen LogP contribution < -0.4 is 4.90 Å². The van der Waals surface area contributed by atoms with E-state index in [-0.39, 0.29) is 17.5 Å². The van der Waals surface area contributed by atoms with Crippen molar-refractivity contribution in [3.8, 4) is 0 Å². The Kier molecular flexibility index (Phi) is 4.71. The maximum atomic E-state index is 13.3. The molecule has 0 bridgehead atoms. The summed E-state index contributed by atoms with van der Waals surface area (Å²) in [5, 5.41) is 3.77. The van der Waals surface area contributed by atoms with Crippen LogP contribution in [0.4, 0.5) is 14.7 Å². The number of rotatable bonds is 4. The fourth-order valence-electron chi connectivity index (χ4n) is 5.09. The number of hydrogen-bond acceptors (Lipinski definition) is 4. The van der Waals surface area contributed by atoms with Gasteiger partial charge in [-0.1, -0.05) is 12.1 Å². The SMILES string of the molecule is CC(C)n1c(N2CC3CN(C(=O)c4cn(C)nc4C(F)F)CC3C2)nc2ccccc21. The van der Waals surface area contributed by atoms with Gasteiger partial charge in [0, 0.05) is 57.3 Å². The maximum Gasteiger partial charge on any atom is 0.282 e. The summed E-state index contributed by atoms with van der Waals surface area (Å²) in [6, 6.07) is 8.43. The highest BCUT2D eigenvalue weighted by atomic mass is 19.3. The summed E-state index contributed by atoms with van der Waals surface area (Å²) in [7, 11) is 1.56. The van der Waals surface area contributed by atoms with Crippen LogP contribution in [-0.4, -0.2) is 56.3 Å². The predicted octanol–water partition coefficient (Wildman–Crippen LogP) is 3.50. The van der Waals surface area contributed by atoms with E-state index >= 15 is 0 Å². The normalized spacial score (nSPS) is 21.1. The number of carbonyl (C=O) groups excluding carboxylic acids is 1. The number of amides is 1. The summed E-state index contributed by atoms with van der Waals surface area (Å²) in [6.07, 6.45) is -1.36. The molecular formula is C22H26F2N6O. The number of carbonyl (C=O) groups is 1. The van der Waals surface area contributed by atoms with Crippen molar-refractivity contribution in [3.63, 3.8) is 0 Å². The smallest absolute Gasteiger partial charge is 0.282 e. The molecule has 0 N–H and O–H groups in total. The largest absolute Gasteiger partial charge is 0.342 e. The zero-order valence-electron chi connectivity index (χ0n) is 17.9. The summed E-state index contributed by atoms with van der Waals surface area (Å²) in [4.78, 5) is 21.9. The molecule has 0 aliphatic carbocycles. The first kappa shape index (κ1) is 20.0. The molecule has 0 spiro atoms. The molecule has 0 saturated carbocycles. The maximum absolute atomic E-state index is 13.3. The Hall–Kier alpha value is -2.97. The van der Waals surface area contributed by atoms with Crippen molar-refractivity contribution in [2.45, 2.75) is 26.3 Å². The number of likely N-dealkylation sites (tertiary alicyclic amines) is 1. The van der Waals surface area contributed by atoms with E-state index in [4.69, 9.17) is 4.98 Å². The number of imidazole rings is 1. The number of halogens is 2. The molecular weight excluding hydrogens is 402 g/mol. The number of anilines is 1. The number of nitrogens with zero attached hydrogens (tertiary/aromatic N) is 6. The van der Waals surface area contributed by atoms with E-state index in [0.29, 0.717) is 24.9 Å². The Morgan fingerprint density at radius 2 is 1.77 bits per heavy atom.